The fraction of sp³-hybridized carbons (Fsp3) is 0.190. The molecule has 0 saturated carbocycles. The van der Waals surface area contributed by atoms with Gasteiger partial charge in [0.05, 0.1) is 46.2 Å². The van der Waals surface area contributed by atoms with Gasteiger partial charge in [-0.15, -0.1) is 11.3 Å². The number of carbonyl (C=O) groups excluding carboxylic acids is 2. The van der Waals surface area contributed by atoms with Gasteiger partial charge < -0.3 is 15.8 Å². The molecular weight excluding hydrogens is 406 g/mol. The number of nitrogens with one attached hydrogen (secondary N) is 1. The highest BCUT2D eigenvalue weighted by Crippen LogP contribution is 2.44. The highest BCUT2D eigenvalue weighted by molar-refractivity contribution is 8.03. The number of thiophene rings is 1. The predicted octanol–water partition coefficient (Wildman–Crippen LogP) is 3.36. The number of benzene rings is 1. The minimum atomic E-state index is -0.592. The minimum Gasteiger partial charge on any atom is -0.463 e. The molecule has 148 valence electrons. The SMILES string of the molecule is CCOC(=O)C1=C(c2ccccc2)NC(SCC(N)=O)=C(C#N)C1c1cccs1. The van der Waals surface area contributed by atoms with Crippen molar-refractivity contribution >= 4 is 40.7 Å². The van der Waals surface area contributed by atoms with Crippen LogP contribution < -0.4 is 11.1 Å². The molecule has 1 aliphatic rings. The summed E-state index contributed by atoms with van der Waals surface area (Å²) in [5.74, 6) is -1.55. The van der Waals surface area contributed by atoms with Crippen LogP contribution in [-0.4, -0.2) is 24.2 Å². The van der Waals surface area contributed by atoms with Crippen molar-refractivity contribution in [2.75, 3.05) is 12.4 Å². The molecule has 6 nitrogen and oxygen atoms in total. The summed E-state index contributed by atoms with van der Waals surface area (Å²) in [7, 11) is 0. The summed E-state index contributed by atoms with van der Waals surface area (Å²) in [6, 6.07) is 15.4. The Kier molecular flexibility index (Phi) is 6.75. The van der Waals surface area contributed by atoms with Gasteiger partial charge in [-0.2, -0.15) is 5.26 Å². The number of nitrogens with zero attached hydrogens (tertiary/aromatic N) is 1. The molecule has 0 fully saturated rings. The van der Waals surface area contributed by atoms with E-state index in [0.29, 0.717) is 21.9 Å². The van der Waals surface area contributed by atoms with Crippen LogP contribution in [0.15, 0.2) is 64.0 Å². The second kappa shape index (κ2) is 9.45. The van der Waals surface area contributed by atoms with Crippen LogP contribution in [0.25, 0.3) is 5.70 Å². The third-order valence-corrected chi connectivity index (χ3v) is 6.17. The lowest BCUT2D eigenvalue weighted by Crippen LogP contribution is -2.29. The number of ether oxygens (including phenoxy) is 1. The third kappa shape index (κ3) is 4.53. The smallest absolute Gasteiger partial charge is 0.337 e. The van der Waals surface area contributed by atoms with Crippen LogP contribution in [0.1, 0.15) is 23.3 Å². The second-order valence-corrected chi connectivity index (χ2v) is 8.02. The molecule has 1 unspecified atom stereocenters. The number of allylic oxidation sites excluding steroid dienone is 1. The molecule has 0 radical (unpaired) electrons. The van der Waals surface area contributed by atoms with E-state index in [9.17, 15) is 14.9 Å². The number of primary amides is 1. The average Bonchev–Trinajstić information content (AvgIpc) is 3.26. The molecule has 2 heterocycles. The first-order valence-corrected chi connectivity index (χ1v) is 10.8. The minimum absolute atomic E-state index is 0.0154. The first-order chi connectivity index (χ1) is 14.1. The Bertz CT molecular complexity index is 1010. The van der Waals surface area contributed by atoms with Crippen molar-refractivity contribution in [1.29, 1.82) is 5.26 Å². The van der Waals surface area contributed by atoms with Gasteiger partial charge in [-0.05, 0) is 23.9 Å². The zero-order valence-electron chi connectivity index (χ0n) is 15.7. The molecular formula is C21H19N3O3S2. The van der Waals surface area contributed by atoms with Crippen LogP contribution in [0.5, 0.6) is 0 Å². The van der Waals surface area contributed by atoms with Crippen LogP contribution in [0, 0.1) is 11.3 Å². The van der Waals surface area contributed by atoms with Crippen molar-refractivity contribution in [3.05, 3.63) is 74.5 Å². The lowest BCUT2D eigenvalue weighted by Gasteiger charge is -2.30. The molecule has 0 aliphatic carbocycles. The van der Waals surface area contributed by atoms with E-state index in [-0.39, 0.29) is 12.4 Å². The van der Waals surface area contributed by atoms with Gasteiger partial charge in [-0.3, -0.25) is 4.79 Å². The van der Waals surface area contributed by atoms with Crippen molar-refractivity contribution in [3.63, 3.8) is 0 Å². The van der Waals surface area contributed by atoms with E-state index in [0.717, 1.165) is 22.2 Å². The van der Waals surface area contributed by atoms with Crippen LogP contribution in [0.4, 0.5) is 0 Å². The van der Waals surface area contributed by atoms with Crippen molar-refractivity contribution in [3.8, 4) is 6.07 Å². The molecule has 2 aromatic rings. The summed E-state index contributed by atoms with van der Waals surface area (Å²) in [5, 5.41) is 15.5. The number of thioether (sulfide) groups is 1. The van der Waals surface area contributed by atoms with E-state index in [2.05, 4.69) is 11.4 Å². The van der Waals surface area contributed by atoms with Crippen LogP contribution >= 0.6 is 23.1 Å². The summed E-state index contributed by atoms with van der Waals surface area (Å²) < 4.78 is 5.34. The molecule has 29 heavy (non-hydrogen) atoms. The molecule has 1 aliphatic heterocycles. The topological polar surface area (TPSA) is 105 Å². The van der Waals surface area contributed by atoms with Crippen LogP contribution in [-0.2, 0) is 14.3 Å². The molecule has 1 atom stereocenters. The number of hydrogen-bond donors (Lipinski definition) is 2. The quantitative estimate of drug-likeness (QED) is 0.659. The molecule has 3 rings (SSSR count). The van der Waals surface area contributed by atoms with Gasteiger partial charge >= 0.3 is 5.97 Å². The Labute approximate surface area is 177 Å². The van der Waals surface area contributed by atoms with E-state index in [1.54, 1.807) is 6.92 Å². The number of esters is 1. The van der Waals surface area contributed by atoms with E-state index >= 15 is 0 Å². The Morgan fingerprint density at radius 2 is 2.03 bits per heavy atom. The number of hydrogen-bond acceptors (Lipinski definition) is 7. The Hall–Kier alpha value is -3.02. The summed E-state index contributed by atoms with van der Waals surface area (Å²) in [6.07, 6.45) is 0. The van der Waals surface area contributed by atoms with E-state index in [4.69, 9.17) is 10.5 Å². The second-order valence-electron chi connectivity index (χ2n) is 6.06. The first kappa shape index (κ1) is 20.7. The highest BCUT2D eigenvalue weighted by Gasteiger charge is 2.37. The molecule has 1 aromatic carbocycles. The molecule has 1 amide bonds. The van der Waals surface area contributed by atoms with Crippen LogP contribution in [0.3, 0.4) is 0 Å². The van der Waals surface area contributed by atoms with E-state index in [1.807, 2.05) is 47.8 Å². The molecule has 3 N–H and O–H groups in total. The molecule has 0 saturated heterocycles. The van der Waals surface area contributed by atoms with Crippen molar-refractivity contribution in [1.82, 2.24) is 5.32 Å². The zero-order chi connectivity index (χ0) is 20.8. The summed E-state index contributed by atoms with van der Waals surface area (Å²) in [4.78, 5) is 25.2. The monoisotopic (exact) mass is 425 g/mol. The predicted molar refractivity (Wildman–Crippen MR) is 114 cm³/mol. The summed E-state index contributed by atoms with van der Waals surface area (Å²) in [6.45, 7) is 1.96. The molecule has 8 heteroatoms. The van der Waals surface area contributed by atoms with Gasteiger partial charge in [-0.1, -0.05) is 48.2 Å². The lowest BCUT2D eigenvalue weighted by atomic mass is 9.85. The van der Waals surface area contributed by atoms with Crippen molar-refractivity contribution in [2.45, 2.75) is 12.8 Å². The fourth-order valence-electron chi connectivity index (χ4n) is 3.04. The number of nitrogens with two attached hydrogens (primary N) is 1. The number of dihydropyridines is 1. The van der Waals surface area contributed by atoms with Crippen molar-refractivity contribution < 1.29 is 14.3 Å². The molecule has 0 spiro atoms. The summed E-state index contributed by atoms with van der Waals surface area (Å²) >= 11 is 2.61. The van der Waals surface area contributed by atoms with E-state index < -0.39 is 17.8 Å². The lowest BCUT2D eigenvalue weighted by molar-refractivity contribution is -0.138. The zero-order valence-corrected chi connectivity index (χ0v) is 17.3. The maximum atomic E-state index is 13.0. The van der Waals surface area contributed by atoms with Gasteiger partial charge in [0.25, 0.3) is 0 Å². The van der Waals surface area contributed by atoms with E-state index in [1.165, 1.54) is 11.3 Å². The number of carbonyl (C=O) groups is 2. The van der Waals surface area contributed by atoms with Crippen molar-refractivity contribution in [2.24, 2.45) is 5.73 Å². The average molecular weight is 426 g/mol. The van der Waals surface area contributed by atoms with Gasteiger partial charge in [0.2, 0.25) is 5.91 Å². The first-order valence-electron chi connectivity index (χ1n) is 8.89. The Balaban J connectivity index is 2.22. The highest BCUT2D eigenvalue weighted by atomic mass is 32.2. The summed E-state index contributed by atoms with van der Waals surface area (Å²) in [5.41, 5.74) is 7.39. The Morgan fingerprint density at radius 1 is 1.28 bits per heavy atom. The maximum Gasteiger partial charge on any atom is 0.337 e. The van der Waals surface area contributed by atoms with Gasteiger partial charge in [0, 0.05) is 4.88 Å². The number of amides is 1. The van der Waals surface area contributed by atoms with Gasteiger partial charge in [0.15, 0.2) is 0 Å². The normalized spacial score (nSPS) is 16.2. The standard InChI is InChI=1S/C21H19N3O3S2/c1-2-27-21(26)18-17(15-9-6-10-28-15)14(11-22)20(29-12-16(23)25)24-19(18)13-7-4-3-5-8-13/h3-10,17,24H,2,12H2,1H3,(H2,23,25). The van der Waals surface area contributed by atoms with Gasteiger partial charge in [-0.25, -0.2) is 4.79 Å². The largest absolute Gasteiger partial charge is 0.463 e. The maximum absolute atomic E-state index is 13.0. The third-order valence-electron chi connectivity index (χ3n) is 4.19. The van der Waals surface area contributed by atoms with Gasteiger partial charge in [0.1, 0.15) is 0 Å². The fourth-order valence-corrected chi connectivity index (χ4v) is 4.66. The number of rotatable bonds is 7. The Morgan fingerprint density at radius 3 is 2.62 bits per heavy atom. The number of nitriles is 1. The molecule has 0 bridgehead atoms. The molecule has 1 aromatic heterocycles. The van der Waals surface area contributed by atoms with Crippen LogP contribution in [0.2, 0.25) is 0 Å².